The van der Waals surface area contributed by atoms with E-state index in [-0.39, 0.29) is 12.5 Å². The van der Waals surface area contributed by atoms with Crippen molar-refractivity contribution in [3.63, 3.8) is 0 Å². The Morgan fingerprint density at radius 1 is 1.09 bits per heavy atom. The van der Waals surface area contributed by atoms with Gasteiger partial charge in [0.25, 0.3) is 10.1 Å². The van der Waals surface area contributed by atoms with E-state index in [0.717, 1.165) is 24.0 Å². The number of carbonyl (C=O) groups excluding carboxylic acids is 1. The van der Waals surface area contributed by atoms with Crippen LogP contribution in [0, 0.1) is 5.92 Å². The van der Waals surface area contributed by atoms with Crippen LogP contribution >= 0.6 is 11.8 Å². The van der Waals surface area contributed by atoms with Crippen molar-refractivity contribution in [1.29, 1.82) is 0 Å². The Labute approximate surface area is 198 Å². The first-order chi connectivity index (χ1) is 15.1. The summed E-state index contributed by atoms with van der Waals surface area (Å²) in [5, 5.41) is 6.42. The highest BCUT2D eigenvalue weighted by Gasteiger charge is 2.39. The minimum atomic E-state index is -4.12. The maximum atomic E-state index is 11.8. The molecule has 0 amide bonds. The monoisotopic (exact) mass is 516 g/mol. The molecule has 0 heterocycles. The molecule has 0 aliphatic carbocycles. The molecule has 1 unspecified atom stereocenters. The quantitative estimate of drug-likeness (QED) is 0.0894. The van der Waals surface area contributed by atoms with Crippen LogP contribution in [-0.2, 0) is 32.9 Å². The molecule has 0 fully saturated rings. The Morgan fingerprint density at radius 3 is 2.19 bits per heavy atom. The Bertz CT molecular complexity index is 620. The molecule has 190 valence electrons. The lowest BCUT2D eigenvalue weighted by Gasteiger charge is -2.28. The summed E-state index contributed by atoms with van der Waals surface area (Å²) in [4.78, 5) is 11.8. The lowest BCUT2D eigenvalue weighted by Crippen LogP contribution is -2.46. The zero-order valence-corrected chi connectivity index (χ0v) is 22.3. The van der Waals surface area contributed by atoms with Gasteiger partial charge in [-0.25, -0.2) is 0 Å². The molecular weight excluding hydrogens is 476 g/mol. The minimum absolute atomic E-state index is 0.344. The average Bonchev–Trinajstić information content (AvgIpc) is 2.70. The molecule has 13 heteroatoms. The topological polar surface area (TPSA) is 132 Å². The Hall–Kier alpha value is -0.833. The molecule has 0 aromatic rings. The van der Waals surface area contributed by atoms with Crippen molar-refractivity contribution in [3.05, 3.63) is 12.4 Å². The van der Waals surface area contributed by atoms with Crippen molar-refractivity contribution in [2.24, 2.45) is 5.92 Å². The Morgan fingerprint density at radius 2 is 1.66 bits per heavy atom. The van der Waals surface area contributed by atoms with E-state index in [1.165, 1.54) is 0 Å². The van der Waals surface area contributed by atoms with Crippen LogP contribution in [0.1, 0.15) is 34.1 Å². The number of carbonyl (C=O) groups is 1. The summed E-state index contributed by atoms with van der Waals surface area (Å²) >= 11 is 1.57. The van der Waals surface area contributed by atoms with Crippen molar-refractivity contribution in [2.75, 3.05) is 56.8 Å². The van der Waals surface area contributed by atoms with Crippen molar-refractivity contribution < 1.29 is 35.8 Å². The van der Waals surface area contributed by atoms with Gasteiger partial charge in [0.1, 0.15) is 12.4 Å². The summed E-state index contributed by atoms with van der Waals surface area (Å²) in [7, 11) is -6.74. The zero-order chi connectivity index (χ0) is 24.5. The first-order valence-corrected chi connectivity index (χ1v) is 15.6. The molecule has 0 bridgehead atoms. The largest absolute Gasteiger partial charge is 0.500 e. The Balaban J connectivity index is 3.96. The van der Waals surface area contributed by atoms with E-state index in [1.807, 2.05) is 20.8 Å². The predicted octanol–water partition coefficient (Wildman–Crippen LogP) is 1.88. The fourth-order valence-electron chi connectivity index (χ4n) is 2.60. The van der Waals surface area contributed by atoms with E-state index in [1.54, 1.807) is 18.7 Å². The highest BCUT2D eigenvalue weighted by Crippen LogP contribution is 2.17. The van der Waals surface area contributed by atoms with Crippen LogP contribution in [0.5, 0.6) is 0 Å². The van der Waals surface area contributed by atoms with Gasteiger partial charge in [0, 0.05) is 50.5 Å². The molecule has 32 heavy (non-hydrogen) atoms. The molecule has 0 aromatic heterocycles. The summed E-state index contributed by atoms with van der Waals surface area (Å²) in [6.45, 7) is 14.2. The van der Waals surface area contributed by atoms with Crippen LogP contribution < -0.4 is 10.6 Å². The third-order valence-corrected chi connectivity index (χ3v) is 9.09. The van der Waals surface area contributed by atoms with Crippen LogP contribution in [0.2, 0.25) is 6.04 Å². The van der Waals surface area contributed by atoms with E-state index < -0.39 is 30.6 Å². The SMILES string of the molecule is C=C(NCCC[Si](OCC)(OCC)OCC)NCCSCC(C)C(=O)OCCS(=O)(=O)O. The maximum absolute atomic E-state index is 11.8. The molecule has 0 saturated heterocycles. The van der Waals surface area contributed by atoms with Crippen molar-refractivity contribution >= 4 is 36.7 Å². The summed E-state index contributed by atoms with van der Waals surface area (Å²) < 4.78 is 52.2. The summed E-state index contributed by atoms with van der Waals surface area (Å²) in [5.41, 5.74) is 0. The first-order valence-electron chi connectivity index (χ1n) is 10.9. The second-order valence-corrected chi connectivity index (χ2v) is 12.3. The fourth-order valence-corrected chi connectivity index (χ4v) is 6.41. The van der Waals surface area contributed by atoms with E-state index in [0.29, 0.717) is 38.7 Å². The summed E-state index contributed by atoms with van der Waals surface area (Å²) in [6, 6.07) is 0.733. The molecule has 0 saturated carbocycles. The van der Waals surface area contributed by atoms with Gasteiger partial charge < -0.3 is 28.6 Å². The molecule has 10 nitrogen and oxygen atoms in total. The highest BCUT2D eigenvalue weighted by atomic mass is 32.2. The fraction of sp³-hybridized carbons (Fsp3) is 0.842. The molecule has 0 rings (SSSR count). The van der Waals surface area contributed by atoms with Crippen LogP contribution in [0.3, 0.4) is 0 Å². The third kappa shape index (κ3) is 15.9. The van der Waals surface area contributed by atoms with Gasteiger partial charge in [0.05, 0.1) is 11.7 Å². The number of hydrogen-bond acceptors (Lipinski definition) is 10. The van der Waals surface area contributed by atoms with Gasteiger partial charge in [-0.05, 0) is 27.2 Å². The van der Waals surface area contributed by atoms with Crippen LogP contribution in [-0.4, -0.2) is 84.5 Å². The van der Waals surface area contributed by atoms with E-state index in [2.05, 4.69) is 17.2 Å². The predicted molar refractivity (Wildman–Crippen MR) is 129 cm³/mol. The summed E-state index contributed by atoms with van der Waals surface area (Å²) in [5.74, 6) is 0.590. The summed E-state index contributed by atoms with van der Waals surface area (Å²) in [6.07, 6.45) is 0.832. The lowest BCUT2D eigenvalue weighted by molar-refractivity contribution is -0.146. The van der Waals surface area contributed by atoms with Gasteiger partial charge in [0.15, 0.2) is 0 Å². The normalized spacial score (nSPS) is 12.9. The van der Waals surface area contributed by atoms with Crippen LogP contribution in [0.15, 0.2) is 12.4 Å². The minimum Gasteiger partial charge on any atom is -0.464 e. The molecule has 0 aromatic carbocycles. The second kappa shape index (κ2) is 17.6. The molecule has 0 aliphatic rings. The zero-order valence-electron chi connectivity index (χ0n) is 19.7. The van der Waals surface area contributed by atoms with Gasteiger partial charge in [-0.3, -0.25) is 9.35 Å². The molecule has 0 radical (unpaired) electrons. The van der Waals surface area contributed by atoms with E-state index in [4.69, 9.17) is 22.6 Å². The number of nitrogens with one attached hydrogen (secondary N) is 2. The number of rotatable bonds is 21. The molecular formula is C19H40N2O8S2Si. The molecule has 1 atom stereocenters. The van der Waals surface area contributed by atoms with E-state index in [9.17, 15) is 13.2 Å². The molecule has 0 aliphatic heterocycles. The van der Waals surface area contributed by atoms with Crippen molar-refractivity contribution in [1.82, 2.24) is 10.6 Å². The maximum Gasteiger partial charge on any atom is 0.500 e. The number of ether oxygens (including phenoxy) is 1. The van der Waals surface area contributed by atoms with Crippen LogP contribution in [0.25, 0.3) is 0 Å². The molecule has 3 N–H and O–H groups in total. The Kier molecular flexibility index (Phi) is 17.2. The number of thioether (sulfide) groups is 1. The standard InChI is InChI=1S/C19H40N2O8S2Si/c1-6-27-32(28-7-2,29-8-3)15-9-10-20-18(5)21-11-13-30-16-17(4)19(22)26-12-14-31(23,24)25/h17,20-21H,5-16H2,1-4H3,(H,23,24,25). The smallest absolute Gasteiger partial charge is 0.464 e. The van der Waals surface area contributed by atoms with Gasteiger partial charge >= 0.3 is 14.8 Å². The average molecular weight is 517 g/mol. The van der Waals surface area contributed by atoms with E-state index >= 15 is 0 Å². The van der Waals surface area contributed by atoms with Gasteiger partial charge in [0.2, 0.25) is 0 Å². The third-order valence-electron chi connectivity index (χ3n) is 4.03. The molecule has 0 spiro atoms. The first kappa shape index (κ1) is 31.2. The highest BCUT2D eigenvalue weighted by molar-refractivity contribution is 7.99. The van der Waals surface area contributed by atoms with Crippen LogP contribution in [0.4, 0.5) is 0 Å². The van der Waals surface area contributed by atoms with Crippen molar-refractivity contribution in [3.8, 4) is 0 Å². The van der Waals surface area contributed by atoms with Gasteiger partial charge in [-0.15, -0.1) is 0 Å². The lowest BCUT2D eigenvalue weighted by atomic mass is 10.2. The van der Waals surface area contributed by atoms with Gasteiger partial charge in [-0.1, -0.05) is 13.5 Å². The van der Waals surface area contributed by atoms with Gasteiger partial charge in [-0.2, -0.15) is 20.2 Å². The number of esters is 1. The van der Waals surface area contributed by atoms with Crippen molar-refractivity contribution in [2.45, 2.75) is 40.2 Å². The number of hydrogen-bond donors (Lipinski definition) is 3. The second-order valence-electron chi connectivity index (χ2n) is 6.85.